The first kappa shape index (κ1) is 25.3. The molecule has 7 heteroatoms. The largest absolute Gasteiger partial charge is 0.489 e. The standard InChI is InChI=1S/C27H36N4O3/c1-17(2)34-24-11-10-20(15-22(24)28)25(33)30-21(12-13-32)14-18-6-8-19(9-7-18)23-16-29-26(31-23)27(3,4)5/h6-11,15-17,21,32H,12-14,28H2,1-5H3,(H,29,31)(H,30,33)/t21-/m1/s1. The average molecular weight is 465 g/mol. The summed E-state index contributed by atoms with van der Waals surface area (Å²) >= 11 is 0. The van der Waals surface area contributed by atoms with E-state index in [-0.39, 0.29) is 30.1 Å². The second-order valence-corrected chi connectivity index (χ2v) is 9.89. The maximum absolute atomic E-state index is 12.8. The summed E-state index contributed by atoms with van der Waals surface area (Å²) in [5.41, 5.74) is 9.88. The molecule has 0 aliphatic rings. The molecule has 0 aliphatic carbocycles. The third kappa shape index (κ3) is 6.60. The Morgan fingerprint density at radius 3 is 2.44 bits per heavy atom. The molecule has 0 spiro atoms. The van der Waals surface area contributed by atoms with Gasteiger partial charge in [0.15, 0.2) is 0 Å². The van der Waals surface area contributed by atoms with Crippen LogP contribution in [0.15, 0.2) is 48.7 Å². The van der Waals surface area contributed by atoms with Crippen LogP contribution in [-0.4, -0.2) is 39.7 Å². The highest BCUT2D eigenvalue weighted by Crippen LogP contribution is 2.25. The summed E-state index contributed by atoms with van der Waals surface area (Å²) < 4.78 is 5.64. The Morgan fingerprint density at radius 1 is 1.18 bits per heavy atom. The van der Waals surface area contributed by atoms with Crippen molar-refractivity contribution in [2.45, 2.75) is 65.0 Å². The lowest BCUT2D eigenvalue weighted by Gasteiger charge is -2.19. The molecular formula is C27H36N4O3. The van der Waals surface area contributed by atoms with E-state index >= 15 is 0 Å². The van der Waals surface area contributed by atoms with Gasteiger partial charge < -0.3 is 25.9 Å². The number of carbonyl (C=O) groups excluding carboxylic acids is 1. The fraction of sp³-hybridized carbons (Fsp3) is 0.407. The number of aliphatic hydroxyl groups is 1. The highest BCUT2D eigenvalue weighted by atomic mass is 16.5. The van der Waals surface area contributed by atoms with E-state index in [0.717, 1.165) is 22.6 Å². The van der Waals surface area contributed by atoms with Crippen molar-refractivity contribution >= 4 is 11.6 Å². The lowest BCUT2D eigenvalue weighted by Crippen LogP contribution is -2.37. The molecule has 1 heterocycles. The third-order valence-electron chi connectivity index (χ3n) is 5.47. The minimum absolute atomic E-state index is 0.00383. The Bertz CT molecular complexity index is 1100. The van der Waals surface area contributed by atoms with Gasteiger partial charge in [-0.2, -0.15) is 0 Å². The lowest BCUT2D eigenvalue weighted by atomic mass is 9.96. The Balaban J connectivity index is 1.67. The number of nitrogen functional groups attached to an aromatic ring is 1. The molecule has 3 rings (SSSR count). The number of rotatable bonds is 9. The predicted molar refractivity (Wildman–Crippen MR) is 136 cm³/mol. The Hall–Kier alpha value is -3.32. The van der Waals surface area contributed by atoms with Crippen LogP contribution < -0.4 is 15.8 Å². The van der Waals surface area contributed by atoms with Crippen LogP contribution in [0.5, 0.6) is 5.75 Å². The van der Waals surface area contributed by atoms with Crippen LogP contribution in [0.4, 0.5) is 5.69 Å². The molecule has 182 valence electrons. The van der Waals surface area contributed by atoms with Crippen LogP contribution in [0.2, 0.25) is 0 Å². The first-order valence-corrected chi connectivity index (χ1v) is 11.7. The minimum Gasteiger partial charge on any atom is -0.489 e. The summed E-state index contributed by atoms with van der Waals surface area (Å²) in [5, 5.41) is 12.5. The smallest absolute Gasteiger partial charge is 0.251 e. The van der Waals surface area contributed by atoms with Crippen LogP contribution in [0.25, 0.3) is 11.3 Å². The van der Waals surface area contributed by atoms with E-state index in [1.165, 1.54) is 0 Å². The molecule has 0 bridgehead atoms. The van der Waals surface area contributed by atoms with Crippen LogP contribution in [-0.2, 0) is 11.8 Å². The molecule has 0 radical (unpaired) electrons. The molecule has 34 heavy (non-hydrogen) atoms. The highest BCUT2D eigenvalue weighted by molar-refractivity contribution is 5.95. The van der Waals surface area contributed by atoms with Gasteiger partial charge in [0.05, 0.1) is 17.5 Å². The van der Waals surface area contributed by atoms with Crippen molar-refractivity contribution < 1.29 is 14.6 Å². The van der Waals surface area contributed by atoms with Crippen LogP contribution >= 0.6 is 0 Å². The van der Waals surface area contributed by atoms with E-state index in [1.54, 1.807) is 18.2 Å². The maximum atomic E-state index is 12.8. The third-order valence-corrected chi connectivity index (χ3v) is 5.47. The normalized spacial score (nSPS) is 12.6. The number of nitrogens with one attached hydrogen (secondary N) is 2. The molecule has 0 saturated heterocycles. The number of carbonyl (C=O) groups is 1. The number of nitrogens with zero attached hydrogens (tertiary/aromatic N) is 1. The first-order valence-electron chi connectivity index (χ1n) is 11.7. The van der Waals surface area contributed by atoms with Crippen molar-refractivity contribution in [3.63, 3.8) is 0 Å². The van der Waals surface area contributed by atoms with Gasteiger partial charge in [0.25, 0.3) is 5.91 Å². The molecule has 5 N–H and O–H groups in total. The SMILES string of the molecule is CC(C)Oc1ccc(C(=O)N[C@H](CCO)Cc2ccc(-c3c[nH]c(C(C)(C)C)n3)cc2)cc1N. The van der Waals surface area contributed by atoms with E-state index in [0.29, 0.717) is 29.8 Å². The zero-order valence-corrected chi connectivity index (χ0v) is 20.7. The predicted octanol–water partition coefficient (Wildman–Crippen LogP) is 4.47. The van der Waals surface area contributed by atoms with Crippen LogP contribution in [0.1, 0.15) is 62.8 Å². The summed E-state index contributed by atoms with van der Waals surface area (Å²) in [6.45, 7) is 10.2. The molecule has 2 aromatic carbocycles. The molecule has 1 amide bonds. The second kappa shape index (κ2) is 10.7. The van der Waals surface area contributed by atoms with Crippen LogP contribution in [0.3, 0.4) is 0 Å². The van der Waals surface area contributed by atoms with Crippen molar-refractivity contribution in [3.8, 4) is 17.0 Å². The van der Waals surface area contributed by atoms with Gasteiger partial charge in [-0.05, 0) is 50.5 Å². The van der Waals surface area contributed by atoms with Crippen LogP contribution in [0, 0.1) is 0 Å². The number of hydrogen-bond acceptors (Lipinski definition) is 5. The molecular weight excluding hydrogens is 428 g/mol. The van der Waals surface area contributed by atoms with E-state index < -0.39 is 0 Å². The zero-order chi connectivity index (χ0) is 24.9. The molecule has 1 atom stereocenters. The maximum Gasteiger partial charge on any atom is 0.251 e. The Morgan fingerprint density at radius 2 is 1.88 bits per heavy atom. The minimum atomic E-state index is -0.232. The summed E-state index contributed by atoms with van der Waals surface area (Å²) in [6.07, 6.45) is 2.97. The van der Waals surface area contributed by atoms with Gasteiger partial charge >= 0.3 is 0 Å². The second-order valence-electron chi connectivity index (χ2n) is 9.89. The van der Waals surface area contributed by atoms with E-state index in [9.17, 15) is 9.90 Å². The van der Waals surface area contributed by atoms with Gasteiger partial charge in [0.1, 0.15) is 11.6 Å². The number of imidazole rings is 1. The molecule has 7 nitrogen and oxygen atoms in total. The Labute approximate surface area is 201 Å². The first-order chi connectivity index (χ1) is 16.1. The highest BCUT2D eigenvalue weighted by Gasteiger charge is 2.19. The number of hydrogen-bond donors (Lipinski definition) is 4. The van der Waals surface area contributed by atoms with Crippen molar-refractivity contribution in [2.24, 2.45) is 0 Å². The summed E-state index contributed by atoms with van der Waals surface area (Å²) in [5.74, 6) is 1.27. The van der Waals surface area contributed by atoms with E-state index in [4.69, 9.17) is 15.5 Å². The monoisotopic (exact) mass is 464 g/mol. The number of nitrogens with two attached hydrogens (primary N) is 1. The molecule has 0 unspecified atom stereocenters. The number of amides is 1. The number of aliphatic hydroxyl groups excluding tert-OH is 1. The van der Waals surface area contributed by atoms with Gasteiger partial charge in [-0.15, -0.1) is 0 Å². The zero-order valence-electron chi connectivity index (χ0n) is 20.7. The van der Waals surface area contributed by atoms with Crippen molar-refractivity contribution in [3.05, 3.63) is 65.6 Å². The molecule has 0 fully saturated rings. The quantitative estimate of drug-likeness (QED) is 0.349. The van der Waals surface area contributed by atoms with Gasteiger partial charge in [0.2, 0.25) is 0 Å². The van der Waals surface area contributed by atoms with Crippen molar-refractivity contribution in [1.82, 2.24) is 15.3 Å². The van der Waals surface area contributed by atoms with Gasteiger partial charge in [-0.1, -0.05) is 45.0 Å². The van der Waals surface area contributed by atoms with E-state index in [1.807, 2.05) is 44.3 Å². The number of ether oxygens (including phenoxy) is 1. The average Bonchev–Trinajstić information content (AvgIpc) is 3.26. The fourth-order valence-electron chi connectivity index (χ4n) is 3.65. The fourth-order valence-corrected chi connectivity index (χ4v) is 3.65. The number of H-pyrrole nitrogens is 1. The van der Waals surface area contributed by atoms with Gasteiger partial charge in [-0.25, -0.2) is 4.98 Å². The number of anilines is 1. The number of benzene rings is 2. The van der Waals surface area contributed by atoms with Gasteiger partial charge in [0, 0.05) is 35.4 Å². The molecule has 0 aliphatic heterocycles. The topological polar surface area (TPSA) is 113 Å². The van der Waals surface area contributed by atoms with Crippen molar-refractivity contribution in [1.29, 1.82) is 0 Å². The summed E-state index contributed by atoms with van der Waals surface area (Å²) in [4.78, 5) is 20.8. The number of aromatic nitrogens is 2. The van der Waals surface area contributed by atoms with E-state index in [2.05, 4.69) is 31.1 Å². The summed E-state index contributed by atoms with van der Waals surface area (Å²) in [6, 6.07) is 12.9. The summed E-state index contributed by atoms with van der Waals surface area (Å²) in [7, 11) is 0. The molecule has 3 aromatic rings. The Kier molecular flexibility index (Phi) is 7.99. The van der Waals surface area contributed by atoms with Gasteiger partial charge in [-0.3, -0.25) is 4.79 Å². The molecule has 0 saturated carbocycles. The lowest BCUT2D eigenvalue weighted by molar-refractivity contribution is 0.0930. The number of aromatic amines is 1. The van der Waals surface area contributed by atoms with Crippen molar-refractivity contribution in [2.75, 3.05) is 12.3 Å². The molecule has 1 aromatic heterocycles.